The smallest absolute Gasteiger partial charge is 0.257 e. The fourth-order valence-electron chi connectivity index (χ4n) is 2.82. The molecule has 0 bridgehead atoms. The van der Waals surface area contributed by atoms with Crippen LogP contribution in [0.1, 0.15) is 47.9 Å². The van der Waals surface area contributed by atoms with Crippen LogP contribution in [0.25, 0.3) is 0 Å². The molecular weight excluding hydrogens is 320 g/mol. The highest BCUT2D eigenvalue weighted by Gasteiger charge is 2.23. The van der Waals surface area contributed by atoms with Crippen LogP contribution in [0.15, 0.2) is 33.3 Å². The molecule has 0 N–H and O–H groups in total. The molecule has 6 heteroatoms. The van der Waals surface area contributed by atoms with E-state index in [1.165, 1.54) is 0 Å². The van der Waals surface area contributed by atoms with E-state index in [2.05, 4.69) is 0 Å². The number of carbonyl (C=O) groups excluding carboxylic acids is 2. The number of nitrogens with zero attached hydrogens (tertiary/aromatic N) is 2. The highest BCUT2D eigenvalue weighted by atomic mass is 16.3. The third-order valence-corrected chi connectivity index (χ3v) is 4.20. The van der Waals surface area contributed by atoms with Gasteiger partial charge in [-0.2, -0.15) is 0 Å². The van der Waals surface area contributed by atoms with Crippen molar-refractivity contribution in [2.45, 2.75) is 40.7 Å². The first-order valence-corrected chi connectivity index (χ1v) is 8.62. The summed E-state index contributed by atoms with van der Waals surface area (Å²) >= 11 is 0. The number of hydrogen-bond donors (Lipinski definition) is 0. The minimum absolute atomic E-state index is 0.0438. The number of rotatable bonds is 8. The van der Waals surface area contributed by atoms with Crippen LogP contribution in [0.4, 0.5) is 0 Å². The van der Waals surface area contributed by atoms with Gasteiger partial charge in [0.1, 0.15) is 17.3 Å². The Morgan fingerprint density at radius 3 is 2.36 bits per heavy atom. The molecule has 0 aliphatic carbocycles. The van der Waals surface area contributed by atoms with E-state index >= 15 is 0 Å². The van der Waals surface area contributed by atoms with E-state index in [1.54, 1.807) is 35.1 Å². The van der Waals surface area contributed by atoms with Gasteiger partial charge in [0.15, 0.2) is 0 Å². The molecule has 136 valence electrons. The normalized spacial score (nSPS) is 10.7. The molecule has 0 saturated carbocycles. The zero-order chi connectivity index (χ0) is 18.4. The van der Waals surface area contributed by atoms with Crippen molar-refractivity contribution in [2.75, 3.05) is 19.6 Å². The van der Waals surface area contributed by atoms with Gasteiger partial charge in [-0.05, 0) is 45.9 Å². The fourth-order valence-corrected chi connectivity index (χ4v) is 2.82. The quantitative estimate of drug-likeness (QED) is 0.735. The van der Waals surface area contributed by atoms with Crippen molar-refractivity contribution in [3.05, 3.63) is 47.3 Å². The summed E-state index contributed by atoms with van der Waals surface area (Å²) in [6, 6.07) is 5.34. The molecule has 0 spiro atoms. The number of hydrogen-bond acceptors (Lipinski definition) is 4. The van der Waals surface area contributed by atoms with Crippen LogP contribution in [0.3, 0.4) is 0 Å². The maximum atomic E-state index is 12.9. The van der Waals surface area contributed by atoms with Gasteiger partial charge in [0.25, 0.3) is 5.91 Å². The molecule has 2 aromatic rings. The Bertz CT molecular complexity index is 699. The van der Waals surface area contributed by atoms with Crippen molar-refractivity contribution in [2.24, 2.45) is 0 Å². The van der Waals surface area contributed by atoms with Crippen LogP contribution >= 0.6 is 0 Å². The highest BCUT2D eigenvalue weighted by molar-refractivity contribution is 5.95. The van der Waals surface area contributed by atoms with Gasteiger partial charge in [-0.3, -0.25) is 9.59 Å². The van der Waals surface area contributed by atoms with E-state index in [0.29, 0.717) is 49.0 Å². The summed E-state index contributed by atoms with van der Waals surface area (Å²) in [5, 5.41) is 0. The van der Waals surface area contributed by atoms with Gasteiger partial charge in [-0.25, -0.2) is 0 Å². The zero-order valence-corrected chi connectivity index (χ0v) is 15.4. The molecule has 2 amide bonds. The summed E-state index contributed by atoms with van der Waals surface area (Å²) in [5.74, 6) is 1.85. The maximum Gasteiger partial charge on any atom is 0.257 e. The van der Waals surface area contributed by atoms with Gasteiger partial charge in [0, 0.05) is 26.1 Å². The summed E-state index contributed by atoms with van der Waals surface area (Å²) in [6.07, 6.45) is 1.86. The summed E-state index contributed by atoms with van der Waals surface area (Å²) < 4.78 is 10.8. The standard InChI is InChI=1S/C19H26N2O4/c1-5-20(6-2)18(22)9-10-21(13-16-8-7-11-24-16)19(23)17-12-14(3)25-15(17)4/h7-8,11-12H,5-6,9-10,13H2,1-4H3. The lowest BCUT2D eigenvalue weighted by Gasteiger charge is -2.24. The molecule has 2 rings (SSSR count). The van der Waals surface area contributed by atoms with Crippen molar-refractivity contribution in [1.82, 2.24) is 9.80 Å². The Balaban J connectivity index is 2.14. The molecular formula is C19H26N2O4. The molecule has 2 heterocycles. The molecule has 0 unspecified atom stereocenters. The fraction of sp³-hybridized carbons (Fsp3) is 0.474. The Morgan fingerprint density at radius 2 is 1.84 bits per heavy atom. The molecule has 2 aromatic heterocycles. The van der Waals surface area contributed by atoms with Crippen molar-refractivity contribution < 1.29 is 18.4 Å². The third kappa shape index (κ3) is 4.75. The first-order chi connectivity index (χ1) is 12.0. The topological polar surface area (TPSA) is 66.9 Å². The SMILES string of the molecule is CCN(CC)C(=O)CCN(Cc1ccco1)C(=O)c1cc(C)oc1C. The van der Waals surface area contributed by atoms with E-state index < -0.39 is 0 Å². The Hall–Kier alpha value is -2.50. The van der Waals surface area contributed by atoms with Gasteiger partial charge < -0.3 is 18.6 Å². The van der Waals surface area contributed by atoms with Gasteiger partial charge in [0.05, 0.1) is 18.4 Å². The van der Waals surface area contributed by atoms with Crippen LogP contribution in [0.5, 0.6) is 0 Å². The van der Waals surface area contributed by atoms with Gasteiger partial charge >= 0.3 is 0 Å². The van der Waals surface area contributed by atoms with Crippen molar-refractivity contribution in [1.29, 1.82) is 0 Å². The van der Waals surface area contributed by atoms with E-state index in [4.69, 9.17) is 8.83 Å². The van der Waals surface area contributed by atoms with Crippen molar-refractivity contribution in [3.8, 4) is 0 Å². The molecule has 0 aliphatic rings. The van der Waals surface area contributed by atoms with Gasteiger partial charge in [-0.1, -0.05) is 0 Å². The summed E-state index contributed by atoms with van der Waals surface area (Å²) in [4.78, 5) is 28.6. The average Bonchev–Trinajstić information content (AvgIpc) is 3.21. The lowest BCUT2D eigenvalue weighted by molar-refractivity contribution is -0.131. The van der Waals surface area contributed by atoms with Gasteiger partial charge in [-0.15, -0.1) is 0 Å². The van der Waals surface area contributed by atoms with E-state index in [9.17, 15) is 9.59 Å². The maximum absolute atomic E-state index is 12.9. The van der Waals surface area contributed by atoms with Crippen LogP contribution in [0.2, 0.25) is 0 Å². The molecule has 0 aliphatic heterocycles. The van der Waals surface area contributed by atoms with Crippen LogP contribution in [-0.2, 0) is 11.3 Å². The van der Waals surface area contributed by atoms with Crippen LogP contribution in [-0.4, -0.2) is 41.2 Å². The van der Waals surface area contributed by atoms with Crippen LogP contribution < -0.4 is 0 Å². The molecule has 0 aromatic carbocycles. The average molecular weight is 346 g/mol. The minimum Gasteiger partial charge on any atom is -0.467 e. The monoisotopic (exact) mass is 346 g/mol. The molecule has 0 saturated heterocycles. The summed E-state index contributed by atoms with van der Waals surface area (Å²) in [6.45, 7) is 9.47. The van der Waals surface area contributed by atoms with E-state index in [1.807, 2.05) is 26.8 Å². The lowest BCUT2D eigenvalue weighted by atomic mass is 10.2. The third-order valence-electron chi connectivity index (χ3n) is 4.20. The van der Waals surface area contributed by atoms with E-state index in [-0.39, 0.29) is 18.2 Å². The molecule has 6 nitrogen and oxygen atoms in total. The number of aryl methyl sites for hydroxylation is 2. The van der Waals surface area contributed by atoms with Crippen LogP contribution in [0, 0.1) is 13.8 Å². The Kier molecular flexibility index (Phi) is 6.44. The van der Waals surface area contributed by atoms with Gasteiger partial charge in [0.2, 0.25) is 5.91 Å². The second kappa shape index (κ2) is 8.55. The second-order valence-corrected chi connectivity index (χ2v) is 5.95. The Morgan fingerprint density at radius 1 is 1.12 bits per heavy atom. The predicted molar refractivity (Wildman–Crippen MR) is 94.2 cm³/mol. The lowest BCUT2D eigenvalue weighted by Crippen LogP contribution is -2.36. The van der Waals surface area contributed by atoms with E-state index in [0.717, 1.165) is 0 Å². The highest BCUT2D eigenvalue weighted by Crippen LogP contribution is 2.18. The van der Waals surface area contributed by atoms with Crippen molar-refractivity contribution in [3.63, 3.8) is 0 Å². The largest absolute Gasteiger partial charge is 0.467 e. The van der Waals surface area contributed by atoms with Crippen molar-refractivity contribution >= 4 is 11.8 Å². The number of furan rings is 2. The summed E-state index contributed by atoms with van der Waals surface area (Å²) in [7, 11) is 0. The first kappa shape index (κ1) is 18.8. The molecule has 0 atom stereocenters. The molecule has 25 heavy (non-hydrogen) atoms. The summed E-state index contributed by atoms with van der Waals surface area (Å²) in [5.41, 5.74) is 0.527. The number of carbonyl (C=O) groups is 2. The predicted octanol–water partition coefficient (Wildman–Crippen LogP) is 3.39. The number of amides is 2. The second-order valence-electron chi connectivity index (χ2n) is 5.95. The minimum atomic E-state index is -0.155. The molecule has 0 radical (unpaired) electrons. The zero-order valence-electron chi connectivity index (χ0n) is 15.4. The first-order valence-electron chi connectivity index (χ1n) is 8.62. The molecule has 0 fully saturated rings. The Labute approximate surface area is 148 Å².